The summed E-state index contributed by atoms with van der Waals surface area (Å²) < 4.78 is 0. The fourth-order valence-corrected chi connectivity index (χ4v) is 1.48. The Morgan fingerprint density at radius 1 is 0.722 bits per heavy atom. The summed E-state index contributed by atoms with van der Waals surface area (Å²) in [6.07, 6.45) is 3.53. The normalized spacial score (nSPS) is 10.8. The van der Waals surface area contributed by atoms with Gasteiger partial charge in [-0.3, -0.25) is 0 Å². The minimum Gasteiger partial charge on any atom is -0.342 e. The summed E-state index contributed by atoms with van der Waals surface area (Å²) in [6, 6.07) is 0. The Labute approximate surface area is 102 Å². The van der Waals surface area contributed by atoms with E-state index in [0.29, 0.717) is 23.3 Å². The Hall–Kier alpha value is -2.64. The minimum absolute atomic E-state index is 0.357. The van der Waals surface area contributed by atoms with Gasteiger partial charge >= 0.3 is 0 Å². The van der Waals surface area contributed by atoms with Gasteiger partial charge < -0.3 is 9.97 Å². The predicted octanol–water partition coefficient (Wildman–Crippen LogP) is 0.664. The molecule has 0 amide bonds. The standard InChI is InChI=1S/C10H10N8/c1-5-3-11-7(13-5)9-15-17-10(18-16-9)8-12-4-6(2)14-8/h3-4H,1-2H3,(H,11,13)(H,12,14). The van der Waals surface area contributed by atoms with Crippen LogP contribution in [-0.4, -0.2) is 40.3 Å². The molecule has 0 aliphatic carbocycles. The highest BCUT2D eigenvalue weighted by Crippen LogP contribution is 2.11. The fraction of sp³-hybridized carbons (Fsp3) is 0.200. The third kappa shape index (κ3) is 1.83. The molecule has 0 atom stereocenters. The maximum atomic E-state index is 4.20. The van der Waals surface area contributed by atoms with Crippen LogP contribution in [0, 0.1) is 13.8 Å². The molecule has 3 aromatic rings. The lowest BCUT2D eigenvalue weighted by molar-refractivity contribution is 0.856. The molecule has 0 bridgehead atoms. The SMILES string of the molecule is Cc1c[nH]c(-c2nnc(-c3nc(C)c[nH]3)nn2)n1. The molecule has 0 aliphatic rings. The van der Waals surface area contributed by atoms with E-state index >= 15 is 0 Å². The maximum Gasteiger partial charge on any atom is 0.238 e. The van der Waals surface area contributed by atoms with Gasteiger partial charge in [-0.25, -0.2) is 9.97 Å². The monoisotopic (exact) mass is 242 g/mol. The third-order valence-electron chi connectivity index (χ3n) is 2.31. The van der Waals surface area contributed by atoms with Gasteiger partial charge in [0.15, 0.2) is 11.6 Å². The lowest BCUT2D eigenvalue weighted by Crippen LogP contribution is -2.01. The van der Waals surface area contributed by atoms with Crippen molar-refractivity contribution < 1.29 is 0 Å². The van der Waals surface area contributed by atoms with Crippen LogP contribution in [0.1, 0.15) is 11.4 Å². The van der Waals surface area contributed by atoms with Gasteiger partial charge in [-0.2, -0.15) is 0 Å². The van der Waals surface area contributed by atoms with Crippen molar-refractivity contribution in [3.05, 3.63) is 23.8 Å². The van der Waals surface area contributed by atoms with E-state index in [9.17, 15) is 0 Å². The first-order chi connectivity index (χ1) is 8.72. The van der Waals surface area contributed by atoms with Crippen LogP contribution in [-0.2, 0) is 0 Å². The molecule has 0 radical (unpaired) electrons. The van der Waals surface area contributed by atoms with Crippen LogP contribution < -0.4 is 0 Å². The second-order valence-corrected chi connectivity index (χ2v) is 3.83. The highest BCUT2D eigenvalue weighted by atomic mass is 15.3. The highest BCUT2D eigenvalue weighted by Gasteiger charge is 2.10. The molecule has 0 saturated heterocycles. The molecule has 3 heterocycles. The second-order valence-electron chi connectivity index (χ2n) is 3.83. The summed E-state index contributed by atoms with van der Waals surface area (Å²) in [5.74, 6) is 1.81. The largest absolute Gasteiger partial charge is 0.342 e. The zero-order valence-electron chi connectivity index (χ0n) is 9.84. The molecule has 3 aromatic heterocycles. The van der Waals surface area contributed by atoms with E-state index in [-0.39, 0.29) is 0 Å². The van der Waals surface area contributed by atoms with Crippen molar-refractivity contribution in [2.24, 2.45) is 0 Å². The number of hydrogen-bond donors (Lipinski definition) is 2. The predicted molar refractivity (Wildman–Crippen MR) is 62.3 cm³/mol. The number of nitrogens with zero attached hydrogens (tertiary/aromatic N) is 6. The smallest absolute Gasteiger partial charge is 0.238 e. The molecule has 0 spiro atoms. The summed E-state index contributed by atoms with van der Waals surface area (Å²) in [4.78, 5) is 14.3. The molecule has 0 aromatic carbocycles. The van der Waals surface area contributed by atoms with Gasteiger partial charge in [-0.15, -0.1) is 20.4 Å². The van der Waals surface area contributed by atoms with Crippen molar-refractivity contribution >= 4 is 0 Å². The van der Waals surface area contributed by atoms with Gasteiger partial charge in [0, 0.05) is 12.4 Å². The van der Waals surface area contributed by atoms with Crippen LogP contribution in [0.3, 0.4) is 0 Å². The molecular weight excluding hydrogens is 232 g/mol. The number of aromatic amines is 2. The Morgan fingerprint density at radius 3 is 1.39 bits per heavy atom. The first kappa shape index (κ1) is 10.5. The van der Waals surface area contributed by atoms with E-state index in [1.54, 1.807) is 12.4 Å². The molecular formula is C10H10N8. The zero-order chi connectivity index (χ0) is 12.5. The van der Waals surface area contributed by atoms with Crippen LogP contribution >= 0.6 is 0 Å². The van der Waals surface area contributed by atoms with Crippen molar-refractivity contribution in [3.8, 4) is 23.3 Å². The average molecular weight is 242 g/mol. The number of H-pyrrole nitrogens is 2. The molecule has 0 fully saturated rings. The second kappa shape index (κ2) is 3.99. The van der Waals surface area contributed by atoms with Crippen LogP contribution in [0.4, 0.5) is 0 Å². The van der Waals surface area contributed by atoms with Gasteiger partial charge in [-0.05, 0) is 13.8 Å². The van der Waals surface area contributed by atoms with Gasteiger partial charge in [0.05, 0.1) is 11.4 Å². The van der Waals surface area contributed by atoms with Crippen LogP contribution in [0.25, 0.3) is 23.3 Å². The van der Waals surface area contributed by atoms with E-state index < -0.39 is 0 Å². The van der Waals surface area contributed by atoms with E-state index in [1.807, 2.05) is 13.8 Å². The Bertz CT molecular complexity index is 606. The van der Waals surface area contributed by atoms with E-state index in [2.05, 4.69) is 40.3 Å². The molecule has 8 heteroatoms. The molecule has 0 aliphatic heterocycles. The summed E-state index contributed by atoms with van der Waals surface area (Å²) in [5.41, 5.74) is 1.72. The van der Waals surface area contributed by atoms with Gasteiger partial charge in [0.2, 0.25) is 11.6 Å². The number of aryl methyl sites for hydroxylation is 2. The summed E-state index contributed by atoms with van der Waals surface area (Å²) in [5, 5.41) is 15.9. The van der Waals surface area contributed by atoms with Crippen LogP contribution in [0.2, 0.25) is 0 Å². The summed E-state index contributed by atoms with van der Waals surface area (Å²) in [7, 11) is 0. The Morgan fingerprint density at radius 2 is 1.11 bits per heavy atom. The molecule has 0 saturated carbocycles. The molecule has 18 heavy (non-hydrogen) atoms. The molecule has 8 nitrogen and oxygen atoms in total. The number of imidazole rings is 2. The Kier molecular flexibility index (Phi) is 2.33. The van der Waals surface area contributed by atoms with Crippen molar-refractivity contribution in [2.45, 2.75) is 13.8 Å². The summed E-state index contributed by atoms with van der Waals surface area (Å²) in [6.45, 7) is 3.75. The number of hydrogen-bond acceptors (Lipinski definition) is 6. The summed E-state index contributed by atoms with van der Waals surface area (Å²) >= 11 is 0. The van der Waals surface area contributed by atoms with E-state index in [1.165, 1.54) is 0 Å². The quantitative estimate of drug-likeness (QED) is 0.683. The van der Waals surface area contributed by atoms with Crippen LogP contribution in [0.15, 0.2) is 12.4 Å². The van der Waals surface area contributed by atoms with Crippen molar-refractivity contribution in [2.75, 3.05) is 0 Å². The number of aromatic nitrogens is 8. The number of rotatable bonds is 2. The molecule has 90 valence electrons. The molecule has 3 rings (SSSR count). The highest BCUT2D eigenvalue weighted by molar-refractivity contribution is 5.45. The third-order valence-corrected chi connectivity index (χ3v) is 2.31. The zero-order valence-corrected chi connectivity index (χ0v) is 9.84. The first-order valence-electron chi connectivity index (χ1n) is 5.34. The van der Waals surface area contributed by atoms with Gasteiger partial charge in [-0.1, -0.05) is 0 Å². The Balaban J connectivity index is 1.94. The van der Waals surface area contributed by atoms with Crippen LogP contribution in [0.5, 0.6) is 0 Å². The van der Waals surface area contributed by atoms with Gasteiger partial charge in [0.1, 0.15) is 0 Å². The van der Waals surface area contributed by atoms with E-state index in [0.717, 1.165) is 11.4 Å². The first-order valence-corrected chi connectivity index (χ1v) is 5.34. The molecule has 2 N–H and O–H groups in total. The lowest BCUT2D eigenvalue weighted by atomic mass is 10.5. The van der Waals surface area contributed by atoms with Crippen molar-refractivity contribution in [3.63, 3.8) is 0 Å². The maximum absolute atomic E-state index is 4.20. The van der Waals surface area contributed by atoms with Gasteiger partial charge in [0.25, 0.3) is 0 Å². The minimum atomic E-state index is 0.357. The van der Waals surface area contributed by atoms with Crippen molar-refractivity contribution in [1.82, 2.24) is 40.3 Å². The average Bonchev–Trinajstić information content (AvgIpc) is 2.98. The fourth-order valence-electron chi connectivity index (χ4n) is 1.48. The molecule has 0 unspecified atom stereocenters. The van der Waals surface area contributed by atoms with E-state index in [4.69, 9.17) is 0 Å². The topological polar surface area (TPSA) is 109 Å². The number of nitrogens with one attached hydrogen (secondary N) is 2. The lowest BCUT2D eigenvalue weighted by Gasteiger charge is -1.94. The van der Waals surface area contributed by atoms with Crippen molar-refractivity contribution in [1.29, 1.82) is 0 Å².